The van der Waals surface area contributed by atoms with Gasteiger partial charge in [0.25, 0.3) is 0 Å². The quantitative estimate of drug-likeness (QED) is 0.173. The summed E-state index contributed by atoms with van der Waals surface area (Å²) in [4.78, 5) is 44.9. The molecule has 0 saturated carbocycles. The summed E-state index contributed by atoms with van der Waals surface area (Å²) in [6.45, 7) is 12.1. The van der Waals surface area contributed by atoms with E-state index >= 15 is 0 Å². The first kappa shape index (κ1) is 33.9. The number of carbonyl (C=O) groups is 2. The van der Waals surface area contributed by atoms with Gasteiger partial charge in [0, 0.05) is 18.5 Å². The van der Waals surface area contributed by atoms with Gasteiger partial charge in [-0.1, -0.05) is 53.4 Å². The zero-order valence-corrected chi connectivity index (χ0v) is 21.8. The highest BCUT2D eigenvalue weighted by atomic mass is 31.2. The molecule has 0 radical (unpaired) electrons. The van der Waals surface area contributed by atoms with E-state index in [0.29, 0.717) is 18.6 Å². The first-order chi connectivity index (χ1) is 15.3. The van der Waals surface area contributed by atoms with Crippen molar-refractivity contribution >= 4 is 19.7 Å². The highest BCUT2D eigenvalue weighted by molar-refractivity contribution is 7.45. The smallest absolute Gasteiger partial charge is 0.463 e. The lowest BCUT2D eigenvalue weighted by atomic mass is 9.88. The third kappa shape index (κ3) is 18.8. The molecule has 0 aromatic rings. The van der Waals surface area contributed by atoms with E-state index in [9.17, 15) is 9.59 Å². The third-order valence-corrected chi connectivity index (χ3v) is 4.76. The first-order valence-corrected chi connectivity index (χ1v) is 13.2. The molecule has 0 fully saturated rings. The topological polar surface area (TPSA) is 168 Å². The molecule has 3 atom stereocenters. The summed E-state index contributed by atoms with van der Waals surface area (Å²) < 4.78 is 20.0. The van der Waals surface area contributed by atoms with Gasteiger partial charge in [-0.3, -0.25) is 4.79 Å². The van der Waals surface area contributed by atoms with E-state index in [-0.39, 0.29) is 30.1 Å². The van der Waals surface area contributed by atoms with Crippen LogP contribution >= 0.6 is 7.82 Å². The van der Waals surface area contributed by atoms with E-state index in [1.165, 1.54) is 32.6 Å². The van der Waals surface area contributed by atoms with Crippen LogP contribution in [0, 0.1) is 0 Å². The van der Waals surface area contributed by atoms with Crippen LogP contribution in [0.25, 0.3) is 0 Å². The van der Waals surface area contributed by atoms with Gasteiger partial charge in [0.15, 0.2) is 0 Å². The summed E-state index contributed by atoms with van der Waals surface area (Å²) >= 11 is 0. The molecule has 0 aromatic carbocycles. The molecular formula is C22H45N2O8P. The van der Waals surface area contributed by atoms with E-state index in [1.807, 2.05) is 13.8 Å². The Morgan fingerprint density at radius 1 is 1.12 bits per heavy atom. The molecule has 0 heterocycles. The van der Waals surface area contributed by atoms with Crippen molar-refractivity contribution in [2.45, 2.75) is 111 Å². The molecule has 6 N–H and O–H groups in total. The highest BCUT2D eigenvalue weighted by Gasteiger charge is 2.35. The predicted molar refractivity (Wildman–Crippen MR) is 128 cm³/mol. The number of unbranched alkanes of at least 4 members (excludes halogenated alkanes) is 3. The van der Waals surface area contributed by atoms with E-state index in [2.05, 4.69) is 19.2 Å². The van der Waals surface area contributed by atoms with Crippen molar-refractivity contribution < 1.29 is 38.3 Å². The molecule has 1 aliphatic rings. The number of esters is 1. The molecule has 196 valence electrons. The molecule has 1 aliphatic carbocycles. The lowest BCUT2D eigenvalue weighted by Gasteiger charge is -2.36. The molecule has 0 bridgehead atoms. The van der Waals surface area contributed by atoms with E-state index < -0.39 is 13.9 Å². The fraction of sp³-hybridized carbons (Fsp3) is 0.818. The number of hydrogen-bond acceptors (Lipinski definition) is 6. The van der Waals surface area contributed by atoms with Crippen LogP contribution in [0.5, 0.6) is 0 Å². The van der Waals surface area contributed by atoms with Crippen molar-refractivity contribution in [2.24, 2.45) is 5.73 Å². The summed E-state index contributed by atoms with van der Waals surface area (Å²) in [6, 6.07) is -0.719. The van der Waals surface area contributed by atoms with Gasteiger partial charge in [-0.15, -0.1) is 0 Å². The van der Waals surface area contributed by atoms with Gasteiger partial charge in [-0.25, -0.2) is 9.36 Å². The van der Waals surface area contributed by atoms with Crippen LogP contribution in [0.3, 0.4) is 0 Å². The van der Waals surface area contributed by atoms with Crippen LogP contribution in [0.2, 0.25) is 0 Å². The predicted octanol–water partition coefficient (Wildman–Crippen LogP) is 2.94. The van der Waals surface area contributed by atoms with Crippen molar-refractivity contribution in [1.29, 1.82) is 0 Å². The van der Waals surface area contributed by atoms with Crippen LogP contribution in [0.1, 0.15) is 86.5 Å². The lowest BCUT2D eigenvalue weighted by molar-refractivity contribution is -0.139. The minimum Gasteiger partial charge on any atom is -0.463 e. The molecule has 1 amide bonds. The number of amides is 1. The van der Waals surface area contributed by atoms with Gasteiger partial charge in [-0.2, -0.15) is 0 Å². The normalized spacial score (nSPS) is 20.0. The molecule has 0 saturated heterocycles. The van der Waals surface area contributed by atoms with Gasteiger partial charge in [0.05, 0.1) is 24.9 Å². The summed E-state index contributed by atoms with van der Waals surface area (Å²) in [5.41, 5.74) is 6.68. The maximum absolute atomic E-state index is 12.0. The number of carbonyl (C=O) groups excluding carboxylic acids is 2. The van der Waals surface area contributed by atoms with Crippen molar-refractivity contribution in [1.82, 2.24) is 5.32 Å². The molecular weight excluding hydrogens is 451 g/mol. The average Bonchev–Trinajstić information content (AvgIpc) is 2.71. The molecule has 0 spiro atoms. The Balaban J connectivity index is 0. The van der Waals surface area contributed by atoms with Crippen LogP contribution in [-0.2, 0) is 23.6 Å². The molecule has 1 rings (SSSR count). The van der Waals surface area contributed by atoms with E-state index in [4.69, 9.17) is 34.5 Å². The largest absolute Gasteiger partial charge is 0.466 e. The average molecular weight is 497 g/mol. The summed E-state index contributed by atoms with van der Waals surface area (Å²) in [5.74, 6) is -0.524. The second-order valence-corrected chi connectivity index (χ2v) is 8.79. The van der Waals surface area contributed by atoms with Gasteiger partial charge >= 0.3 is 13.8 Å². The molecule has 0 aromatic heterocycles. The molecule has 10 nitrogen and oxygen atoms in total. The number of ether oxygens (including phenoxy) is 2. The monoisotopic (exact) mass is 496 g/mol. The van der Waals surface area contributed by atoms with Crippen molar-refractivity contribution in [3.05, 3.63) is 11.6 Å². The molecule has 33 heavy (non-hydrogen) atoms. The number of hydrogen-bond donors (Lipinski definition) is 5. The molecule has 0 unspecified atom stereocenters. The fourth-order valence-corrected chi connectivity index (χ4v) is 3.12. The zero-order chi connectivity index (χ0) is 26.0. The number of nitrogens with one attached hydrogen (secondary N) is 1. The Morgan fingerprint density at radius 2 is 1.61 bits per heavy atom. The number of phosphoric acid groups is 1. The Morgan fingerprint density at radius 3 is 1.97 bits per heavy atom. The Kier molecular flexibility index (Phi) is 19.6. The van der Waals surface area contributed by atoms with Gasteiger partial charge in [-0.05, 0) is 32.3 Å². The van der Waals surface area contributed by atoms with Crippen LogP contribution in [0.4, 0.5) is 0 Å². The lowest BCUT2D eigenvalue weighted by Crippen LogP contribution is -2.57. The summed E-state index contributed by atoms with van der Waals surface area (Å²) in [6.07, 6.45) is 9.01. The number of rotatable bonds is 10. The van der Waals surface area contributed by atoms with Crippen molar-refractivity contribution in [2.75, 3.05) is 6.61 Å². The van der Waals surface area contributed by atoms with Gasteiger partial charge in [0.1, 0.15) is 0 Å². The SMILES string of the molecule is CCCCCC.CCOC(=O)C1=C[C@@H](OC(CC)CC)[C@H](NC(C)=O)[C@@H](N)C1.O=P(O)(O)O. The van der Waals surface area contributed by atoms with Crippen LogP contribution in [0.15, 0.2) is 11.6 Å². The maximum Gasteiger partial charge on any atom is 0.466 e. The third-order valence-electron chi connectivity index (χ3n) is 4.76. The standard InChI is InChI=1S/C16H28N2O4.C6H14.H3O4P/c1-5-12(6-2)22-14-9-11(16(20)21-7-3)8-13(17)15(14)18-10(4)19;1-3-5-6-4-2;1-5(2,3)4/h9,12-15H,5-8,17H2,1-4H3,(H,18,19);3-6H2,1-2H3;(H3,1,2,3,4)/t13-,14+,15+;;/m0../s1. The van der Waals surface area contributed by atoms with Crippen molar-refractivity contribution in [3.63, 3.8) is 0 Å². The van der Waals surface area contributed by atoms with Gasteiger partial charge < -0.3 is 35.2 Å². The minimum absolute atomic E-state index is 0.0613. The second-order valence-electron chi connectivity index (χ2n) is 7.77. The van der Waals surface area contributed by atoms with E-state index in [0.717, 1.165) is 12.8 Å². The molecule has 0 aliphatic heterocycles. The fourth-order valence-electron chi connectivity index (χ4n) is 3.12. The number of nitrogens with two attached hydrogens (primary N) is 1. The second kappa shape index (κ2) is 19.1. The van der Waals surface area contributed by atoms with E-state index in [1.54, 1.807) is 13.0 Å². The zero-order valence-electron chi connectivity index (χ0n) is 21.0. The van der Waals surface area contributed by atoms with Gasteiger partial charge in [0.2, 0.25) is 5.91 Å². The maximum atomic E-state index is 12.0. The van der Waals surface area contributed by atoms with Crippen LogP contribution < -0.4 is 11.1 Å². The van der Waals surface area contributed by atoms with Crippen molar-refractivity contribution in [3.8, 4) is 0 Å². The summed E-state index contributed by atoms with van der Waals surface area (Å²) in [5, 5.41) is 2.84. The highest BCUT2D eigenvalue weighted by Crippen LogP contribution is 2.26. The Labute approximate surface area is 198 Å². The Bertz CT molecular complexity index is 607. The van der Waals surface area contributed by atoms with Crippen LogP contribution in [-0.4, -0.2) is 57.5 Å². The molecule has 11 heteroatoms. The Hall–Kier alpha value is -1.29. The first-order valence-electron chi connectivity index (χ1n) is 11.7. The summed E-state index contributed by atoms with van der Waals surface area (Å²) in [7, 11) is -4.64. The minimum atomic E-state index is -4.64.